The molecule has 1 saturated heterocycles. The van der Waals surface area contributed by atoms with E-state index in [0.29, 0.717) is 5.76 Å². The van der Waals surface area contributed by atoms with Crippen LogP contribution >= 0.6 is 0 Å². The second-order valence-corrected chi connectivity index (χ2v) is 5.27. The molecule has 0 radical (unpaired) electrons. The molecule has 0 aliphatic carbocycles. The third kappa shape index (κ3) is 2.01. The predicted molar refractivity (Wildman–Crippen MR) is 77.8 cm³/mol. The van der Waals surface area contributed by atoms with E-state index in [0.717, 1.165) is 36.2 Å². The van der Waals surface area contributed by atoms with Crippen LogP contribution in [0.1, 0.15) is 35.3 Å². The van der Waals surface area contributed by atoms with E-state index in [2.05, 4.69) is 9.97 Å². The summed E-state index contributed by atoms with van der Waals surface area (Å²) in [6, 6.07) is 11.4. The average Bonchev–Trinajstić information content (AvgIpc) is 3.24. The number of imidazole rings is 1. The molecule has 1 N–H and O–H groups in total. The molecule has 1 amide bonds. The Labute approximate surface area is 121 Å². The molecule has 3 heterocycles. The number of benzene rings is 1. The van der Waals surface area contributed by atoms with Gasteiger partial charge >= 0.3 is 0 Å². The topological polar surface area (TPSA) is 62.1 Å². The van der Waals surface area contributed by atoms with Crippen LogP contribution in [0.5, 0.6) is 0 Å². The second kappa shape index (κ2) is 4.77. The molecule has 0 spiro atoms. The maximum Gasteiger partial charge on any atom is 0.290 e. The molecule has 5 nitrogen and oxygen atoms in total. The van der Waals surface area contributed by atoms with Gasteiger partial charge in [-0.2, -0.15) is 0 Å². The molecule has 2 aromatic heterocycles. The van der Waals surface area contributed by atoms with E-state index in [1.54, 1.807) is 12.1 Å². The summed E-state index contributed by atoms with van der Waals surface area (Å²) in [5.74, 6) is 1.18. The zero-order valence-corrected chi connectivity index (χ0v) is 11.5. The minimum atomic E-state index is -0.0667. The fourth-order valence-electron chi connectivity index (χ4n) is 2.97. The van der Waals surface area contributed by atoms with Crippen LogP contribution in [-0.4, -0.2) is 27.3 Å². The molecule has 0 bridgehead atoms. The Morgan fingerprint density at radius 3 is 3.00 bits per heavy atom. The minimum absolute atomic E-state index is 0.00463. The van der Waals surface area contributed by atoms with Crippen LogP contribution in [0.2, 0.25) is 0 Å². The van der Waals surface area contributed by atoms with Crippen LogP contribution in [0.3, 0.4) is 0 Å². The van der Waals surface area contributed by atoms with Gasteiger partial charge in [-0.05, 0) is 37.1 Å². The number of hydrogen-bond donors (Lipinski definition) is 1. The number of carbonyl (C=O) groups excluding carboxylic acids is 1. The molecule has 106 valence electrons. The number of furan rings is 1. The highest BCUT2D eigenvalue weighted by atomic mass is 16.3. The SMILES string of the molecule is O=C(c1ccco1)N1CCC[C@H]1c1nc2ccccc2[nH]1. The highest BCUT2D eigenvalue weighted by Gasteiger charge is 2.33. The van der Waals surface area contributed by atoms with E-state index < -0.39 is 0 Å². The standard InChI is InChI=1S/C16H15N3O2/c20-16(14-8-4-10-21-14)19-9-3-7-13(19)15-17-11-5-1-2-6-12(11)18-15/h1-2,4-6,8,10,13H,3,7,9H2,(H,17,18)/t13-/m0/s1. The van der Waals surface area contributed by atoms with E-state index in [9.17, 15) is 4.79 Å². The molecule has 0 unspecified atom stereocenters. The fraction of sp³-hybridized carbons (Fsp3) is 0.250. The Hall–Kier alpha value is -2.56. The van der Waals surface area contributed by atoms with Crippen LogP contribution in [0, 0.1) is 0 Å². The first-order valence-electron chi connectivity index (χ1n) is 7.12. The van der Waals surface area contributed by atoms with Crippen molar-refractivity contribution >= 4 is 16.9 Å². The van der Waals surface area contributed by atoms with Gasteiger partial charge in [-0.3, -0.25) is 4.79 Å². The molecule has 1 fully saturated rings. The van der Waals surface area contributed by atoms with Gasteiger partial charge in [-0.15, -0.1) is 0 Å². The lowest BCUT2D eigenvalue weighted by Crippen LogP contribution is -2.30. The predicted octanol–water partition coefficient (Wildman–Crippen LogP) is 3.13. The van der Waals surface area contributed by atoms with Crippen molar-refractivity contribution in [1.29, 1.82) is 0 Å². The third-order valence-electron chi connectivity index (χ3n) is 3.97. The van der Waals surface area contributed by atoms with Gasteiger partial charge in [0.15, 0.2) is 5.76 Å². The number of hydrogen-bond acceptors (Lipinski definition) is 3. The summed E-state index contributed by atoms with van der Waals surface area (Å²) in [5.41, 5.74) is 1.94. The maximum absolute atomic E-state index is 12.5. The Morgan fingerprint density at radius 1 is 1.29 bits per heavy atom. The molecule has 5 heteroatoms. The number of amides is 1. The van der Waals surface area contributed by atoms with Crippen molar-refractivity contribution in [3.63, 3.8) is 0 Å². The maximum atomic E-state index is 12.5. The molecule has 21 heavy (non-hydrogen) atoms. The van der Waals surface area contributed by atoms with Crippen molar-refractivity contribution in [1.82, 2.24) is 14.9 Å². The van der Waals surface area contributed by atoms with Crippen LogP contribution in [0.4, 0.5) is 0 Å². The summed E-state index contributed by atoms with van der Waals surface area (Å²) >= 11 is 0. The van der Waals surface area contributed by atoms with Gasteiger partial charge in [0.25, 0.3) is 5.91 Å². The number of para-hydroxylation sites is 2. The first-order chi connectivity index (χ1) is 10.3. The minimum Gasteiger partial charge on any atom is -0.459 e. The summed E-state index contributed by atoms with van der Waals surface area (Å²) in [6.07, 6.45) is 3.43. The number of H-pyrrole nitrogens is 1. The summed E-state index contributed by atoms with van der Waals surface area (Å²) in [6.45, 7) is 0.737. The number of aromatic nitrogens is 2. The molecule has 0 saturated carbocycles. The zero-order valence-electron chi connectivity index (χ0n) is 11.5. The molecule has 1 aliphatic rings. The van der Waals surface area contributed by atoms with E-state index in [4.69, 9.17) is 4.42 Å². The van der Waals surface area contributed by atoms with Crippen molar-refractivity contribution in [2.24, 2.45) is 0 Å². The normalized spacial score (nSPS) is 18.5. The van der Waals surface area contributed by atoms with Gasteiger partial charge in [0.1, 0.15) is 5.82 Å². The van der Waals surface area contributed by atoms with Crippen molar-refractivity contribution in [2.75, 3.05) is 6.54 Å². The molecular weight excluding hydrogens is 266 g/mol. The van der Waals surface area contributed by atoms with Crippen LogP contribution in [0.25, 0.3) is 11.0 Å². The van der Waals surface area contributed by atoms with Crippen LogP contribution in [-0.2, 0) is 0 Å². The van der Waals surface area contributed by atoms with Gasteiger partial charge < -0.3 is 14.3 Å². The Morgan fingerprint density at radius 2 is 2.19 bits per heavy atom. The molecular formula is C16H15N3O2. The van der Waals surface area contributed by atoms with E-state index in [1.807, 2.05) is 29.2 Å². The third-order valence-corrected chi connectivity index (χ3v) is 3.97. The lowest BCUT2D eigenvalue weighted by molar-refractivity contribution is 0.0698. The number of likely N-dealkylation sites (tertiary alicyclic amines) is 1. The number of aromatic amines is 1. The monoisotopic (exact) mass is 281 g/mol. The van der Waals surface area contributed by atoms with Gasteiger partial charge in [-0.25, -0.2) is 4.98 Å². The Balaban J connectivity index is 1.68. The van der Waals surface area contributed by atoms with Crippen molar-refractivity contribution < 1.29 is 9.21 Å². The number of fused-ring (bicyclic) bond motifs is 1. The van der Waals surface area contributed by atoms with E-state index in [-0.39, 0.29) is 11.9 Å². The number of rotatable bonds is 2. The summed E-state index contributed by atoms with van der Waals surface area (Å²) < 4.78 is 5.23. The summed E-state index contributed by atoms with van der Waals surface area (Å²) in [7, 11) is 0. The second-order valence-electron chi connectivity index (χ2n) is 5.27. The van der Waals surface area contributed by atoms with Crippen LogP contribution in [0.15, 0.2) is 47.1 Å². The van der Waals surface area contributed by atoms with Gasteiger partial charge in [0.05, 0.1) is 23.3 Å². The summed E-state index contributed by atoms with van der Waals surface area (Å²) in [4.78, 5) is 22.3. The largest absolute Gasteiger partial charge is 0.459 e. The number of nitrogens with one attached hydrogen (secondary N) is 1. The van der Waals surface area contributed by atoms with Gasteiger partial charge in [0, 0.05) is 6.54 Å². The average molecular weight is 281 g/mol. The molecule has 1 aromatic carbocycles. The zero-order chi connectivity index (χ0) is 14.2. The molecule has 1 aliphatic heterocycles. The van der Waals surface area contributed by atoms with Crippen LogP contribution < -0.4 is 0 Å². The molecule has 1 atom stereocenters. The van der Waals surface area contributed by atoms with Crippen molar-refractivity contribution in [3.8, 4) is 0 Å². The molecule has 4 rings (SSSR count). The van der Waals surface area contributed by atoms with Gasteiger partial charge in [0.2, 0.25) is 0 Å². The van der Waals surface area contributed by atoms with Crippen molar-refractivity contribution in [2.45, 2.75) is 18.9 Å². The smallest absolute Gasteiger partial charge is 0.290 e. The van der Waals surface area contributed by atoms with E-state index >= 15 is 0 Å². The quantitative estimate of drug-likeness (QED) is 0.785. The molecule has 3 aromatic rings. The first kappa shape index (κ1) is 12.2. The Bertz CT molecular complexity index is 743. The first-order valence-corrected chi connectivity index (χ1v) is 7.12. The van der Waals surface area contributed by atoms with Gasteiger partial charge in [-0.1, -0.05) is 12.1 Å². The fourth-order valence-corrected chi connectivity index (χ4v) is 2.97. The number of nitrogens with zero attached hydrogens (tertiary/aromatic N) is 2. The lowest BCUT2D eigenvalue weighted by Gasteiger charge is -2.21. The lowest BCUT2D eigenvalue weighted by atomic mass is 10.2. The van der Waals surface area contributed by atoms with Crippen molar-refractivity contribution in [3.05, 3.63) is 54.2 Å². The Kier molecular flexibility index (Phi) is 2.77. The summed E-state index contributed by atoms with van der Waals surface area (Å²) in [5, 5.41) is 0. The highest BCUT2D eigenvalue weighted by Crippen LogP contribution is 2.32. The van der Waals surface area contributed by atoms with E-state index in [1.165, 1.54) is 6.26 Å². The highest BCUT2D eigenvalue weighted by molar-refractivity contribution is 5.92. The number of carbonyl (C=O) groups is 1.